The summed E-state index contributed by atoms with van der Waals surface area (Å²) < 4.78 is 37.5. The zero-order valence-electron chi connectivity index (χ0n) is 17.6. The minimum Gasteiger partial charge on any atom is -0.465 e. The Morgan fingerprint density at radius 1 is 1.24 bits per heavy atom. The van der Waals surface area contributed by atoms with E-state index in [1.54, 1.807) is 6.07 Å². The fourth-order valence-corrected chi connectivity index (χ4v) is 3.85. The maximum absolute atomic E-state index is 13.7. The molecule has 3 aromatic rings. The number of ether oxygens (including phenoxy) is 2. The van der Waals surface area contributed by atoms with Crippen molar-refractivity contribution in [3.05, 3.63) is 63.8 Å². The first-order chi connectivity index (χ1) is 15.9. The third-order valence-electron chi connectivity index (χ3n) is 5.36. The van der Waals surface area contributed by atoms with Crippen LogP contribution in [0.5, 0.6) is 0 Å². The molecule has 0 amide bonds. The Morgan fingerprint density at radius 2 is 2.00 bits per heavy atom. The summed E-state index contributed by atoms with van der Waals surface area (Å²) in [4.78, 5) is 29.7. The van der Waals surface area contributed by atoms with Crippen molar-refractivity contribution in [2.75, 3.05) is 43.6 Å². The third-order valence-corrected chi connectivity index (χ3v) is 5.36. The molecule has 172 valence electrons. The number of morpholine rings is 1. The molecule has 1 fully saturated rings. The van der Waals surface area contributed by atoms with Gasteiger partial charge >= 0.3 is 11.7 Å². The van der Waals surface area contributed by atoms with Crippen molar-refractivity contribution >= 4 is 39.6 Å². The van der Waals surface area contributed by atoms with Crippen molar-refractivity contribution in [3.63, 3.8) is 0 Å². The second kappa shape index (κ2) is 9.33. The number of anilines is 3. The molecule has 0 spiro atoms. The summed E-state index contributed by atoms with van der Waals surface area (Å²) in [5.41, 5.74) is -0.00445. The van der Waals surface area contributed by atoms with Gasteiger partial charge in [-0.3, -0.25) is 15.1 Å². The number of hydrogen-bond donors (Lipinski definition) is 1. The van der Waals surface area contributed by atoms with Gasteiger partial charge in [0.1, 0.15) is 11.3 Å². The fraction of sp³-hybridized carbons (Fsp3) is 0.273. The smallest absolute Gasteiger partial charge is 0.345 e. The lowest BCUT2D eigenvalue weighted by molar-refractivity contribution is -0.384. The first-order valence-corrected chi connectivity index (χ1v) is 10.1. The Morgan fingerprint density at radius 3 is 2.67 bits per heavy atom. The monoisotopic (exact) mass is 458 g/mol. The predicted octanol–water partition coefficient (Wildman–Crippen LogP) is 4.45. The van der Waals surface area contributed by atoms with Gasteiger partial charge in [0.25, 0.3) is 6.43 Å². The van der Waals surface area contributed by atoms with E-state index in [4.69, 9.17) is 9.47 Å². The molecule has 0 radical (unpaired) electrons. The van der Waals surface area contributed by atoms with E-state index >= 15 is 0 Å². The molecular formula is C22H20F2N4O5. The minimum absolute atomic E-state index is 0.0269. The molecular weight excluding hydrogens is 438 g/mol. The van der Waals surface area contributed by atoms with E-state index in [0.29, 0.717) is 37.5 Å². The molecule has 1 N–H and O–H groups in total. The van der Waals surface area contributed by atoms with E-state index in [1.165, 1.54) is 36.5 Å². The number of nitro benzene ring substituents is 1. The quantitative estimate of drug-likeness (QED) is 0.328. The second-order valence-electron chi connectivity index (χ2n) is 7.26. The molecule has 2 heterocycles. The van der Waals surface area contributed by atoms with Crippen molar-refractivity contribution < 1.29 is 28.0 Å². The Bertz CT molecular complexity index is 1210. The maximum atomic E-state index is 13.7. The highest BCUT2D eigenvalue weighted by atomic mass is 19.3. The third kappa shape index (κ3) is 4.40. The summed E-state index contributed by atoms with van der Waals surface area (Å²) >= 11 is 0. The highest BCUT2D eigenvalue weighted by Crippen LogP contribution is 2.39. The molecule has 1 aliphatic heterocycles. The number of methoxy groups -OCH3 is 1. The molecule has 33 heavy (non-hydrogen) atoms. The molecule has 2 aromatic carbocycles. The number of rotatable bonds is 6. The standard InChI is InChI=1S/C22H20F2N4O5/c1-32-22(29)15-11-13(27-7-9-33-10-8-27)12-18(20(15)28(30)31)26-17-5-6-25-16-4-2-3-14(19(16)17)21(23)24/h2-6,11-12,21H,7-10H2,1H3,(H,25,26). The van der Waals surface area contributed by atoms with E-state index in [9.17, 15) is 23.7 Å². The number of carbonyl (C=O) groups excluding carboxylic acids is 1. The maximum Gasteiger partial charge on any atom is 0.345 e. The van der Waals surface area contributed by atoms with Gasteiger partial charge in [0, 0.05) is 35.9 Å². The van der Waals surface area contributed by atoms with Gasteiger partial charge in [-0.2, -0.15) is 0 Å². The molecule has 0 atom stereocenters. The van der Waals surface area contributed by atoms with Crippen LogP contribution in [0.15, 0.2) is 42.6 Å². The molecule has 0 saturated carbocycles. The largest absolute Gasteiger partial charge is 0.465 e. The first kappa shape index (κ1) is 22.3. The van der Waals surface area contributed by atoms with Gasteiger partial charge < -0.3 is 19.7 Å². The zero-order valence-corrected chi connectivity index (χ0v) is 17.6. The van der Waals surface area contributed by atoms with Crippen molar-refractivity contribution in [2.45, 2.75) is 6.43 Å². The van der Waals surface area contributed by atoms with Gasteiger partial charge in [-0.25, -0.2) is 13.6 Å². The molecule has 1 aromatic heterocycles. The Labute approximate surface area is 187 Å². The highest BCUT2D eigenvalue weighted by Gasteiger charge is 2.29. The van der Waals surface area contributed by atoms with Crippen LogP contribution in [-0.4, -0.2) is 49.3 Å². The van der Waals surface area contributed by atoms with Gasteiger partial charge in [-0.1, -0.05) is 12.1 Å². The van der Waals surface area contributed by atoms with Gasteiger partial charge in [0.05, 0.1) is 36.5 Å². The first-order valence-electron chi connectivity index (χ1n) is 10.1. The molecule has 4 rings (SSSR count). The van der Waals surface area contributed by atoms with Crippen molar-refractivity contribution in [1.29, 1.82) is 0 Å². The van der Waals surface area contributed by atoms with Gasteiger partial charge in [0.15, 0.2) is 0 Å². The average Bonchev–Trinajstić information content (AvgIpc) is 2.83. The predicted molar refractivity (Wildman–Crippen MR) is 117 cm³/mol. The van der Waals surface area contributed by atoms with E-state index in [0.717, 1.165) is 7.11 Å². The minimum atomic E-state index is -2.78. The van der Waals surface area contributed by atoms with Crippen LogP contribution in [0.25, 0.3) is 10.9 Å². The normalized spacial score (nSPS) is 13.9. The van der Waals surface area contributed by atoms with E-state index in [-0.39, 0.29) is 27.9 Å². The Kier molecular flexibility index (Phi) is 6.31. The van der Waals surface area contributed by atoms with Crippen LogP contribution in [0, 0.1) is 10.1 Å². The summed E-state index contributed by atoms with van der Waals surface area (Å²) in [7, 11) is 1.13. The van der Waals surface area contributed by atoms with Gasteiger partial charge in [-0.15, -0.1) is 0 Å². The van der Waals surface area contributed by atoms with Crippen LogP contribution in [0.1, 0.15) is 22.3 Å². The van der Waals surface area contributed by atoms with Crippen molar-refractivity contribution in [2.24, 2.45) is 0 Å². The average molecular weight is 458 g/mol. The molecule has 9 nitrogen and oxygen atoms in total. The molecule has 11 heteroatoms. The van der Waals surface area contributed by atoms with E-state index in [2.05, 4.69) is 10.3 Å². The lowest BCUT2D eigenvalue weighted by atomic mass is 10.1. The van der Waals surface area contributed by atoms with Crippen LogP contribution in [0.3, 0.4) is 0 Å². The lowest BCUT2D eigenvalue weighted by Crippen LogP contribution is -2.36. The summed E-state index contributed by atoms with van der Waals surface area (Å²) in [6.45, 7) is 1.96. The number of nitrogens with one attached hydrogen (secondary N) is 1. The number of aromatic nitrogens is 1. The lowest BCUT2D eigenvalue weighted by Gasteiger charge is -2.29. The molecule has 1 aliphatic rings. The summed E-state index contributed by atoms with van der Waals surface area (Å²) in [6.07, 6.45) is -1.36. The molecule has 0 unspecified atom stereocenters. The van der Waals surface area contributed by atoms with E-state index in [1.807, 2.05) is 4.90 Å². The molecule has 0 bridgehead atoms. The number of nitro groups is 1. The second-order valence-corrected chi connectivity index (χ2v) is 7.26. The van der Waals surface area contributed by atoms with E-state index < -0.39 is 23.0 Å². The number of halogens is 2. The van der Waals surface area contributed by atoms with Crippen LogP contribution in [0.4, 0.5) is 31.5 Å². The molecule has 1 saturated heterocycles. The van der Waals surface area contributed by atoms with Crippen LogP contribution >= 0.6 is 0 Å². The number of carbonyl (C=O) groups is 1. The van der Waals surface area contributed by atoms with Gasteiger partial charge in [0.2, 0.25) is 0 Å². The van der Waals surface area contributed by atoms with Crippen molar-refractivity contribution in [3.8, 4) is 0 Å². The summed E-state index contributed by atoms with van der Waals surface area (Å²) in [6, 6.07) is 8.70. The number of alkyl halides is 2. The number of benzene rings is 2. The van der Waals surface area contributed by atoms with Crippen LogP contribution in [0.2, 0.25) is 0 Å². The number of fused-ring (bicyclic) bond motifs is 1. The van der Waals surface area contributed by atoms with Crippen LogP contribution in [-0.2, 0) is 9.47 Å². The number of esters is 1. The SMILES string of the molecule is COC(=O)c1cc(N2CCOCC2)cc(Nc2ccnc3cccc(C(F)F)c23)c1[N+](=O)[O-]. The Hall–Kier alpha value is -3.86. The number of nitrogens with zero attached hydrogens (tertiary/aromatic N) is 3. The molecule has 0 aliphatic carbocycles. The number of hydrogen-bond acceptors (Lipinski definition) is 8. The fourth-order valence-electron chi connectivity index (χ4n) is 3.85. The topological polar surface area (TPSA) is 107 Å². The highest BCUT2D eigenvalue weighted by molar-refractivity contribution is 6.01. The van der Waals surface area contributed by atoms with Gasteiger partial charge in [-0.05, 0) is 24.3 Å². The number of pyridine rings is 1. The summed E-state index contributed by atoms with van der Waals surface area (Å²) in [5, 5.41) is 15.0. The Balaban J connectivity index is 1.91. The van der Waals surface area contributed by atoms with Crippen LogP contribution < -0.4 is 10.2 Å². The van der Waals surface area contributed by atoms with Crippen molar-refractivity contribution in [1.82, 2.24) is 4.98 Å². The summed E-state index contributed by atoms with van der Waals surface area (Å²) in [5.74, 6) is -0.882. The zero-order chi connectivity index (χ0) is 23.5.